The van der Waals surface area contributed by atoms with E-state index in [1.165, 1.54) is 13.1 Å². The van der Waals surface area contributed by atoms with Crippen molar-refractivity contribution in [3.05, 3.63) is 65.2 Å². The predicted molar refractivity (Wildman–Crippen MR) is 124 cm³/mol. The molecule has 198 valence electrons. The molecule has 2 saturated heterocycles. The number of halogens is 5. The lowest BCUT2D eigenvalue weighted by Gasteiger charge is -2.44. The minimum atomic E-state index is -5.10. The molecule has 0 saturated carbocycles. The zero-order valence-corrected chi connectivity index (χ0v) is 20.4. The first kappa shape index (κ1) is 25.5. The molecule has 5 atom stereocenters. The van der Waals surface area contributed by atoms with E-state index in [9.17, 15) is 31.5 Å². The summed E-state index contributed by atoms with van der Waals surface area (Å²) in [5, 5.41) is 0. The summed E-state index contributed by atoms with van der Waals surface area (Å²) in [5.41, 5.74) is -3.28. The van der Waals surface area contributed by atoms with Crippen LogP contribution in [0.25, 0.3) is 0 Å². The molecule has 2 fully saturated rings. The van der Waals surface area contributed by atoms with Gasteiger partial charge < -0.3 is 14.5 Å². The van der Waals surface area contributed by atoms with Gasteiger partial charge in [-0.15, -0.1) is 0 Å². The molecule has 10 heteroatoms. The van der Waals surface area contributed by atoms with E-state index in [-0.39, 0.29) is 24.7 Å². The summed E-state index contributed by atoms with van der Waals surface area (Å²) in [6, 6.07) is 11.8. The number of fused-ring (bicyclic) bond motifs is 3. The lowest BCUT2D eigenvalue weighted by molar-refractivity contribution is -0.228. The van der Waals surface area contributed by atoms with Gasteiger partial charge in [0.05, 0.1) is 6.04 Å². The van der Waals surface area contributed by atoms with Crippen molar-refractivity contribution >= 4 is 11.8 Å². The SMILES string of the molecule is CN1C(=O)[C@@H](F)C[C@H]1C(=O)N1CCC2(Cc3ccccc3)c3ccc(C(C)(F)C(F)(F)F)cc3OCC12. The Morgan fingerprint density at radius 2 is 1.84 bits per heavy atom. The molecule has 2 aromatic carbocycles. The van der Waals surface area contributed by atoms with Crippen LogP contribution in [0.2, 0.25) is 0 Å². The number of amides is 2. The number of hydrogen-bond donors (Lipinski definition) is 0. The molecule has 5 nitrogen and oxygen atoms in total. The van der Waals surface area contributed by atoms with E-state index in [1.807, 2.05) is 30.3 Å². The predicted octanol–water partition coefficient (Wildman–Crippen LogP) is 4.48. The maximum atomic E-state index is 14.8. The quantitative estimate of drug-likeness (QED) is 0.557. The second-order valence-electron chi connectivity index (χ2n) is 10.3. The number of hydrogen-bond acceptors (Lipinski definition) is 3. The number of ether oxygens (including phenoxy) is 1. The van der Waals surface area contributed by atoms with Crippen molar-refractivity contribution in [1.29, 1.82) is 0 Å². The molecule has 0 N–H and O–H groups in total. The summed E-state index contributed by atoms with van der Waals surface area (Å²) in [6.07, 6.45) is -6.12. The highest BCUT2D eigenvalue weighted by molar-refractivity contribution is 5.93. The van der Waals surface area contributed by atoms with Crippen LogP contribution in [-0.2, 0) is 27.1 Å². The first-order valence-electron chi connectivity index (χ1n) is 12.2. The Balaban J connectivity index is 1.55. The molecule has 37 heavy (non-hydrogen) atoms. The molecular weight excluding hydrogens is 495 g/mol. The standard InChI is InChI=1S/C27H27F5N2O3/c1-25(29,27(30,31)32)17-8-9-18-21(12-17)37-15-22-26(18,14-16-6-4-3-5-7-16)10-11-34(22)24(36)20-13-19(28)23(35)33(20)2/h3-9,12,19-20,22H,10-11,13-15H2,1-2H3/t19-,20-,22?,25?,26?/m0/s1. The van der Waals surface area contributed by atoms with Gasteiger partial charge in [-0.2, -0.15) is 13.2 Å². The Labute approximate surface area is 211 Å². The van der Waals surface area contributed by atoms with E-state index in [0.717, 1.165) is 22.6 Å². The van der Waals surface area contributed by atoms with Gasteiger partial charge in [-0.25, -0.2) is 8.78 Å². The largest absolute Gasteiger partial charge is 0.491 e. The number of carbonyl (C=O) groups excluding carboxylic acids is 2. The van der Waals surface area contributed by atoms with Gasteiger partial charge in [0, 0.05) is 36.6 Å². The third-order valence-corrected chi connectivity index (χ3v) is 8.25. The van der Waals surface area contributed by atoms with E-state index >= 15 is 0 Å². The van der Waals surface area contributed by atoms with Crippen molar-refractivity contribution < 1.29 is 36.3 Å². The van der Waals surface area contributed by atoms with Crippen LogP contribution in [0, 0.1) is 0 Å². The van der Waals surface area contributed by atoms with E-state index < -0.39 is 47.0 Å². The van der Waals surface area contributed by atoms with Crippen LogP contribution in [0.3, 0.4) is 0 Å². The van der Waals surface area contributed by atoms with Gasteiger partial charge in [0.1, 0.15) is 18.4 Å². The van der Waals surface area contributed by atoms with Crippen LogP contribution in [0.1, 0.15) is 36.5 Å². The minimum Gasteiger partial charge on any atom is -0.491 e. The van der Waals surface area contributed by atoms with Crippen LogP contribution >= 0.6 is 0 Å². The average molecular weight is 523 g/mol. The number of rotatable bonds is 4. The summed E-state index contributed by atoms with van der Waals surface area (Å²) >= 11 is 0. The van der Waals surface area contributed by atoms with Crippen molar-refractivity contribution in [3.63, 3.8) is 0 Å². The second-order valence-corrected chi connectivity index (χ2v) is 10.3. The molecule has 2 amide bonds. The van der Waals surface area contributed by atoms with Crippen LogP contribution in [0.4, 0.5) is 22.0 Å². The summed E-state index contributed by atoms with van der Waals surface area (Å²) in [6.45, 7) is 0.765. The van der Waals surface area contributed by atoms with Gasteiger partial charge in [-0.1, -0.05) is 42.5 Å². The molecule has 2 aromatic rings. The Morgan fingerprint density at radius 1 is 1.14 bits per heavy atom. The topological polar surface area (TPSA) is 49.9 Å². The van der Waals surface area contributed by atoms with Crippen LogP contribution in [0.15, 0.2) is 48.5 Å². The molecule has 0 aromatic heterocycles. The molecule has 5 rings (SSSR count). The number of nitrogens with zero attached hydrogens (tertiary/aromatic N) is 2. The Bertz CT molecular complexity index is 1220. The van der Waals surface area contributed by atoms with Crippen molar-refractivity contribution in [1.82, 2.24) is 9.80 Å². The van der Waals surface area contributed by atoms with Crippen molar-refractivity contribution in [2.24, 2.45) is 0 Å². The van der Waals surface area contributed by atoms with Gasteiger partial charge in [0.25, 0.3) is 5.91 Å². The monoisotopic (exact) mass is 522 g/mol. The lowest BCUT2D eigenvalue weighted by atomic mass is 9.68. The molecule has 0 radical (unpaired) electrons. The van der Waals surface area contributed by atoms with Crippen LogP contribution < -0.4 is 4.74 Å². The van der Waals surface area contributed by atoms with E-state index in [2.05, 4.69) is 0 Å². The third kappa shape index (κ3) is 3.95. The van der Waals surface area contributed by atoms with E-state index in [4.69, 9.17) is 4.74 Å². The highest BCUT2D eigenvalue weighted by atomic mass is 19.4. The third-order valence-electron chi connectivity index (χ3n) is 8.25. The van der Waals surface area contributed by atoms with Gasteiger partial charge >= 0.3 is 6.18 Å². The molecule has 0 spiro atoms. The summed E-state index contributed by atoms with van der Waals surface area (Å²) in [7, 11) is 1.40. The first-order valence-corrected chi connectivity index (χ1v) is 12.2. The van der Waals surface area contributed by atoms with E-state index in [0.29, 0.717) is 31.9 Å². The zero-order chi connectivity index (χ0) is 26.8. The number of alkyl halides is 5. The molecule has 3 unspecified atom stereocenters. The summed E-state index contributed by atoms with van der Waals surface area (Å²) < 4.78 is 74.9. The molecular formula is C27H27F5N2O3. The smallest absolute Gasteiger partial charge is 0.426 e. The van der Waals surface area contributed by atoms with Gasteiger partial charge in [-0.05, 0) is 31.4 Å². The highest BCUT2D eigenvalue weighted by Gasteiger charge is 2.57. The molecule has 3 aliphatic heterocycles. The number of carbonyl (C=O) groups is 2. The highest BCUT2D eigenvalue weighted by Crippen LogP contribution is 2.52. The van der Waals surface area contributed by atoms with Gasteiger partial charge in [0.2, 0.25) is 11.6 Å². The Kier molecular flexibility index (Phi) is 5.99. The molecule has 0 aliphatic carbocycles. The molecule has 3 aliphatic rings. The maximum Gasteiger partial charge on any atom is 0.426 e. The van der Waals surface area contributed by atoms with Crippen molar-refractivity contribution in [2.45, 2.75) is 61.7 Å². The minimum absolute atomic E-state index is 0.0204. The maximum absolute atomic E-state index is 14.8. The fourth-order valence-corrected chi connectivity index (χ4v) is 5.99. The normalized spacial score (nSPS) is 28.9. The number of likely N-dealkylation sites (N-methyl/N-ethyl adjacent to an activating group) is 1. The second kappa shape index (κ2) is 8.70. The van der Waals surface area contributed by atoms with E-state index in [1.54, 1.807) is 4.90 Å². The zero-order valence-electron chi connectivity index (χ0n) is 20.4. The van der Waals surface area contributed by atoms with Gasteiger partial charge in [-0.3, -0.25) is 9.59 Å². The Hall–Kier alpha value is -3.17. The first-order chi connectivity index (χ1) is 17.4. The number of benzene rings is 2. The molecule has 3 heterocycles. The fraction of sp³-hybridized carbons (Fsp3) is 0.481. The Morgan fingerprint density at radius 3 is 2.46 bits per heavy atom. The average Bonchev–Trinajstić information content (AvgIpc) is 3.36. The molecule has 0 bridgehead atoms. The van der Waals surface area contributed by atoms with Crippen LogP contribution in [0.5, 0.6) is 5.75 Å². The van der Waals surface area contributed by atoms with Crippen molar-refractivity contribution in [2.75, 3.05) is 20.2 Å². The summed E-state index contributed by atoms with van der Waals surface area (Å²) in [5.74, 6) is -0.957. The van der Waals surface area contributed by atoms with Gasteiger partial charge in [0.15, 0.2) is 6.17 Å². The number of likely N-dealkylation sites (tertiary alicyclic amines) is 2. The lowest BCUT2D eigenvalue weighted by Crippen LogP contribution is -2.55. The fourth-order valence-electron chi connectivity index (χ4n) is 5.99. The van der Waals surface area contributed by atoms with Crippen LogP contribution in [-0.4, -0.2) is 66.2 Å². The summed E-state index contributed by atoms with van der Waals surface area (Å²) in [4.78, 5) is 28.3. The van der Waals surface area contributed by atoms with Crippen molar-refractivity contribution in [3.8, 4) is 5.75 Å².